The van der Waals surface area contributed by atoms with Crippen molar-refractivity contribution >= 4 is 22.6 Å². The summed E-state index contributed by atoms with van der Waals surface area (Å²) in [5.74, 6) is 0.547. The molecule has 0 amide bonds. The van der Waals surface area contributed by atoms with Crippen molar-refractivity contribution < 1.29 is 4.39 Å². The third-order valence-corrected chi connectivity index (χ3v) is 3.08. The van der Waals surface area contributed by atoms with Gasteiger partial charge in [-0.3, -0.25) is 0 Å². The van der Waals surface area contributed by atoms with Crippen LogP contribution in [0.25, 0.3) is 11.0 Å². The summed E-state index contributed by atoms with van der Waals surface area (Å²) in [6.07, 6.45) is 0.558. The van der Waals surface area contributed by atoms with Gasteiger partial charge in [-0.05, 0) is 29.8 Å². The number of aromatic nitrogens is 2. The lowest BCUT2D eigenvalue weighted by Gasteiger charge is -1.97. The molecule has 0 atom stereocenters. The minimum absolute atomic E-state index is 0.235. The summed E-state index contributed by atoms with van der Waals surface area (Å²) in [6.45, 7) is 0. The number of halogens is 2. The molecule has 0 spiro atoms. The van der Waals surface area contributed by atoms with Crippen LogP contribution in [0.5, 0.6) is 0 Å². The molecule has 4 heteroatoms. The van der Waals surface area contributed by atoms with E-state index in [4.69, 9.17) is 11.6 Å². The molecule has 0 aliphatic heterocycles. The predicted molar refractivity (Wildman–Crippen MR) is 70.3 cm³/mol. The van der Waals surface area contributed by atoms with Crippen molar-refractivity contribution in [1.82, 2.24) is 9.97 Å². The van der Waals surface area contributed by atoms with E-state index in [1.807, 2.05) is 18.2 Å². The summed E-state index contributed by atoms with van der Waals surface area (Å²) < 4.78 is 13.1. The van der Waals surface area contributed by atoms with Gasteiger partial charge >= 0.3 is 0 Å². The van der Waals surface area contributed by atoms with E-state index in [1.54, 1.807) is 12.1 Å². The van der Waals surface area contributed by atoms with Gasteiger partial charge in [0.15, 0.2) is 0 Å². The molecule has 0 unspecified atom stereocenters. The van der Waals surface area contributed by atoms with E-state index in [0.29, 0.717) is 11.4 Å². The van der Waals surface area contributed by atoms with Crippen molar-refractivity contribution in [3.8, 4) is 0 Å². The lowest BCUT2D eigenvalue weighted by Crippen LogP contribution is -1.91. The SMILES string of the molecule is Fc1cccc(Cc2nc3c(Cl)cccc3[nH]2)c1. The molecule has 90 valence electrons. The van der Waals surface area contributed by atoms with Crippen LogP contribution in [0.3, 0.4) is 0 Å². The van der Waals surface area contributed by atoms with Crippen LogP contribution in [0.2, 0.25) is 5.02 Å². The molecule has 2 aromatic carbocycles. The standard InChI is InChI=1S/C14H10ClFN2/c15-11-5-2-6-12-14(11)18-13(17-12)8-9-3-1-4-10(16)7-9/h1-7H,8H2,(H,17,18). The smallest absolute Gasteiger partial charge is 0.123 e. The number of hydrogen-bond donors (Lipinski definition) is 1. The molecule has 18 heavy (non-hydrogen) atoms. The van der Waals surface area contributed by atoms with Crippen LogP contribution in [0, 0.1) is 5.82 Å². The van der Waals surface area contributed by atoms with Crippen LogP contribution >= 0.6 is 11.6 Å². The van der Waals surface area contributed by atoms with Gasteiger partial charge in [0.05, 0.1) is 10.5 Å². The first-order valence-electron chi connectivity index (χ1n) is 5.60. The highest BCUT2D eigenvalue weighted by molar-refractivity contribution is 6.34. The van der Waals surface area contributed by atoms with E-state index in [2.05, 4.69) is 9.97 Å². The van der Waals surface area contributed by atoms with Gasteiger partial charge in [0.25, 0.3) is 0 Å². The summed E-state index contributed by atoms with van der Waals surface area (Å²) >= 11 is 6.06. The Morgan fingerprint density at radius 3 is 2.78 bits per heavy atom. The number of aromatic amines is 1. The number of rotatable bonds is 2. The molecule has 0 saturated carbocycles. The first-order chi connectivity index (χ1) is 8.72. The number of para-hydroxylation sites is 1. The van der Waals surface area contributed by atoms with Gasteiger partial charge in [-0.15, -0.1) is 0 Å². The summed E-state index contributed by atoms with van der Waals surface area (Å²) in [4.78, 5) is 7.61. The van der Waals surface area contributed by atoms with Gasteiger partial charge in [-0.25, -0.2) is 9.37 Å². The molecule has 0 saturated heterocycles. The minimum Gasteiger partial charge on any atom is -0.342 e. The highest BCUT2D eigenvalue weighted by atomic mass is 35.5. The Balaban J connectivity index is 1.98. The summed E-state index contributed by atoms with van der Waals surface area (Å²) in [7, 11) is 0. The number of benzene rings is 2. The lowest BCUT2D eigenvalue weighted by molar-refractivity contribution is 0.626. The van der Waals surface area contributed by atoms with Crippen molar-refractivity contribution in [1.29, 1.82) is 0 Å². The molecule has 0 radical (unpaired) electrons. The largest absolute Gasteiger partial charge is 0.342 e. The van der Waals surface area contributed by atoms with Crippen LogP contribution in [0.15, 0.2) is 42.5 Å². The number of H-pyrrole nitrogens is 1. The molecule has 1 aromatic heterocycles. The fraction of sp³-hybridized carbons (Fsp3) is 0.0714. The Morgan fingerprint density at radius 2 is 2.00 bits per heavy atom. The van der Waals surface area contributed by atoms with Crippen LogP contribution in [0.1, 0.15) is 11.4 Å². The maximum Gasteiger partial charge on any atom is 0.123 e. The highest BCUT2D eigenvalue weighted by Crippen LogP contribution is 2.21. The quantitative estimate of drug-likeness (QED) is 0.743. The van der Waals surface area contributed by atoms with Crippen molar-refractivity contribution in [2.75, 3.05) is 0 Å². The van der Waals surface area contributed by atoms with E-state index in [-0.39, 0.29) is 5.82 Å². The first-order valence-corrected chi connectivity index (χ1v) is 5.98. The summed E-state index contributed by atoms with van der Waals surface area (Å²) in [5, 5.41) is 0.620. The van der Waals surface area contributed by atoms with Crippen LogP contribution in [0.4, 0.5) is 4.39 Å². The minimum atomic E-state index is -0.235. The summed E-state index contributed by atoms with van der Waals surface area (Å²) in [6, 6.07) is 12.1. The van der Waals surface area contributed by atoms with Gasteiger partial charge < -0.3 is 4.98 Å². The number of fused-ring (bicyclic) bond motifs is 1. The van der Waals surface area contributed by atoms with Crippen molar-refractivity contribution in [2.45, 2.75) is 6.42 Å². The van der Waals surface area contributed by atoms with Gasteiger partial charge in [0, 0.05) is 6.42 Å². The Morgan fingerprint density at radius 1 is 1.17 bits per heavy atom. The molecule has 0 aliphatic rings. The van der Waals surface area contributed by atoms with Crippen molar-refractivity contribution in [2.24, 2.45) is 0 Å². The molecule has 2 nitrogen and oxygen atoms in total. The zero-order valence-corrected chi connectivity index (χ0v) is 10.2. The van der Waals surface area contributed by atoms with Gasteiger partial charge in [0.1, 0.15) is 17.2 Å². The fourth-order valence-electron chi connectivity index (χ4n) is 1.97. The molecule has 3 aromatic rings. The van der Waals surface area contributed by atoms with E-state index in [1.165, 1.54) is 12.1 Å². The Hall–Kier alpha value is -1.87. The Kier molecular flexibility index (Phi) is 2.76. The molecule has 0 bridgehead atoms. The number of hydrogen-bond acceptors (Lipinski definition) is 1. The first kappa shape index (κ1) is 11.2. The topological polar surface area (TPSA) is 28.7 Å². The molecule has 0 aliphatic carbocycles. The van der Waals surface area contributed by atoms with Crippen LogP contribution in [-0.4, -0.2) is 9.97 Å². The Labute approximate surface area is 108 Å². The normalized spacial score (nSPS) is 11.0. The van der Waals surface area contributed by atoms with Gasteiger partial charge in [-0.1, -0.05) is 29.8 Å². The molecule has 1 heterocycles. The molecule has 3 rings (SSSR count). The van der Waals surface area contributed by atoms with Crippen LogP contribution < -0.4 is 0 Å². The number of nitrogens with zero attached hydrogens (tertiary/aromatic N) is 1. The van der Waals surface area contributed by atoms with Gasteiger partial charge in [0.2, 0.25) is 0 Å². The van der Waals surface area contributed by atoms with Crippen LogP contribution in [-0.2, 0) is 6.42 Å². The van der Waals surface area contributed by atoms with Gasteiger partial charge in [-0.2, -0.15) is 0 Å². The zero-order chi connectivity index (χ0) is 12.5. The van der Waals surface area contributed by atoms with E-state index in [9.17, 15) is 4.39 Å². The maximum atomic E-state index is 13.1. The third-order valence-electron chi connectivity index (χ3n) is 2.77. The van der Waals surface area contributed by atoms with E-state index < -0.39 is 0 Å². The highest BCUT2D eigenvalue weighted by Gasteiger charge is 2.06. The average Bonchev–Trinajstić information content (AvgIpc) is 2.73. The maximum absolute atomic E-state index is 13.1. The average molecular weight is 261 g/mol. The zero-order valence-electron chi connectivity index (χ0n) is 9.45. The number of imidazole rings is 1. The van der Waals surface area contributed by atoms with E-state index >= 15 is 0 Å². The second-order valence-corrected chi connectivity index (χ2v) is 4.53. The van der Waals surface area contributed by atoms with E-state index in [0.717, 1.165) is 22.4 Å². The Bertz CT molecular complexity index is 706. The predicted octanol–water partition coefficient (Wildman–Crippen LogP) is 3.95. The monoisotopic (exact) mass is 260 g/mol. The van der Waals surface area contributed by atoms with Crippen molar-refractivity contribution in [3.63, 3.8) is 0 Å². The molecular weight excluding hydrogens is 251 g/mol. The summed E-state index contributed by atoms with van der Waals surface area (Å²) in [5.41, 5.74) is 2.53. The van der Waals surface area contributed by atoms with Crippen molar-refractivity contribution in [3.05, 3.63) is 64.7 Å². The fourth-order valence-corrected chi connectivity index (χ4v) is 2.19. The lowest BCUT2D eigenvalue weighted by atomic mass is 10.1. The second-order valence-electron chi connectivity index (χ2n) is 4.13. The molecular formula is C14H10ClFN2. The second kappa shape index (κ2) is 4.42. The third kappa shape index (κ3) is 2.09. The number of nitrogens with one attached hydrogen (secondary N) is 1. The molecule has 0 fully saturated rings. The molecule has 1 N–H and O–H groups in total.